The van der Waals surface area contributed by atoms with Gasteiger partial charge in [0.05, 0.1) is 17.3 Å². The largest absolute Gasteiger partial charge is 0.370 e. The minimum atomic E-state index is 0.00779. The van der Waals surface area contributed by atoms with Crippen LogP contribution in [-0.2, 0) is 4.74 Å². The fraction of sp³-hybridized carbons (Fsp3) is 0.250. The molecule has 0 bridgehead atoms. The first-order chi connectivity index (χ1) is 11.4. The van der Waals surface area contributed by atoms with Crippen molar-refractivity contribution in [2.75, 3.05) is 6.61 Å². The molecule has 1 aliphatic rings. The second-order valence-corrected chi connectivity index (χ2v) is 5.63. The molecule has 1 atom stereocenters. The molecule has 0 unspecified atom stereocenters. The molecule has 7 heteroatoms. The minimum absolute atomic E-state index is 0.00779. The van der Waals surface area contributed by atoms with E-state index in [9.17, 15) is 0 Å². The van der Waals surface area contributed by atoms with E-state index in [1.54, 1.807) is 12.5 Å². The SMILES string of the molecule is c1ccc(-n2ncc3c2ncn2c([C@H]4CCCO4)nnc32)cc1. The van der Waals surface area contributed by atoms with Crippen LogP contribution < -0.4 is 0 Å². The average molecular weight is 306 g/mol. The van der Waals surface area contributed by atoms with Crippen molar-refractivity contribution in [1.82, 2.24) is 29.4 Å². The van der Waals surface area contributed by atoms with Gasteiger partial charge < -0.3 is 4.74 Å². The molecule has 0 spiro atoms. The molecular weight excluding hydrogens is 292 g/mol. The van der Waals surface area contributed by atoms with Gasteiger partial charge in [0.15, 0.2) is 17.1 Å². The third-order valence-electron chi connectivity index (χ3n) is 4.22. The lowest BCUT2D eigenvalue weighted by Gasteiger charge is -2.07. The summed E-state index contributed by atoms with van der Waals surface area (Å²) in [4.78, 5) is 4.58. The zero-order valence-corrected chi connectivity index (χ0v) is 12.3. The van der Waals surface area contributed by atoms with Gasteiger partial charge in [0, 0.05) is 6.61 Å². The van der Waals surface area contributed by atoms with Crippen LogP contribution in [-0.4, -0.2) is 36.0 Å². The highest BCUT2D eigenvalue weighted by atomic mass is 16.5. The molecule has 0 amide bonds. The number of benzene rings is 1. The summed E-state index contributed by atoms with van der Waals surface area (Å²) in [6.07, 6.45) is 5.59. The number of hydrogen-bond acceptors (Lipinski definition) is 5. The number of aromatic nitrogens is 6. The van der Waals surface area contributed by atoms with Crippen molar-refractivity contribution in [3.8, 4) is 5.69 Å². The van der Waals surface area contributed by atoms with Gasteiger partial charge >= 0.3 is 0 Å². The molecular formula is C16H14N6O. The third-order valence-corrected chi connectivity index (χ3v) is 4.22. The van der Waals surface area contributed by atoms with Crippen LogP contribution in [0.3, 0.4) is 0 Å². The Morgan fingerprint density at radius 1 is 1.09 bits per heavy atom. The maximum Gasteiger partial charge on any atom is 0.174 e. The van der Waals surface area contributed by atoms with Crippen LogP contribution in [0.5, 0.6) is 0 Å². The Kier molecular flexibility index (Phi) is 2.68. The van der Waals surface area contributed by atoms with Crippen molar-refractivity contribution in [2.24, 2.45) is 0 Å². The van der Waals surface area contributed by atoms with Crippen molar-refractivity contribution in [3.05, 3.63) is 48.7 Å². The Morgan fingerprint density at radius 3 is 2.83 bits per heavy atom. The zero-order valence-electron chi connectivity index (χ0n) is 12.3. The van der Waals surface area contributed by atoms with Crippen molar-refractivity contribution < 1.29 is 4.74 Å². The molecule has 1 aliphatic heterocycles. The molecule has 114 valence electrons. The van der Waals surface area contributed by atoms with Crippen LogP contribution in [0.25, 0.3) is 22.4 Å². The summed E-state index contributed by atoms with van der Waals surface area (Å²) in [6.45, 7) is 0.779. The van der Waals surface area contributed by atoms with E-state index in [1.807, 2.05) is 39.4 Å². The monoisotopic (exact) mass is 306 g/mol. The van der Waals surface area contributed by atoms with Crippen LogP contribution in [0, 0.1) is 0 Å². The second-order valence-electron chi connectivity index (χ2n) is 5.63. The standard InChI is InChI=1S/C16H14N6O/c1-2-5-11(6-3-1)22-14-12(9-18-22)15-19-20-16(21(15)10-17-14)13-7-4-8-23-13/h1-3,5-6,9-10,13H,4,7-8H2/t13-/m1/s1. The fourth-order valence-corrected chi connectivity index (χ4v) is 3.10. The average Bonchev–Trinajstić information content (AvgIpc) is 3.33. The minimum Gasteiger partial charge on any atom is -0.370 e. The van der Waals surface area contributed by atoms with Gasteiger partial charge in [-0.1, -0.05) is 18.2 Å². The molecule has 0 N–H and O–H groups in total. The summed E-state index contributed by atoms with van der Waals surface area (Å²) >= 11 is 0. The quantitative estimate of drug-likeness (QED) is 0.568. The van der Waals surface area contributed by atoms with Crippen LogP contribution in [0.2, 0.25) is 0 Å². The van der Waals surface area contributed by atoms with E-state index in [0.29, 0.717) is 0 Å². The highest BCUT2D eigenvalue weighted by Gasteiger charge is 2.24. The Hall–Kier alpha value is -2.80. The van der Waals surface area contributed by atoms with Gasteiger partial charge in [-0.05, 0) is 25.0 Å². The maximum absolute atomic E-state index is 5.72. The van der Waals surface area contributed by atoms with E-state index in [4.69, 9.17) is 4.74 Å². The molecule has 4 aromatic rings. The number of nitrogens with zero attached hydrogens (tertiary/aromatic N) is 6. The van der Waals surface area contributed by atoms with Gasteiger partial charge in [0.1, 0.15) is 12.4 Å². The second kappa shape index (κ2) is 4.85. The molecule has 1 saturated heterocycles. The first-order valence-corrected chi connectivity index (χ1v) is 7.66. The fourth-order valence-electron chi connectivity index (χ4n) is 3.10. The summed E-state index contributed by atoms with van der Waals surface area (Å²) in [5, 5.41) is 14.0. The molecule has 7 nitrogen and oxygen atoms in total. The molecule has 4 heterocycles. The number of rotatable bonds is 2. The lowest BCUT2D eigenvalue weighted by atomic mass is 10.2. The summed E-state index contributed by atoms with van der Waals surface area (Å²) in [5.41, 5.74) is 2.51. The van der Waals surface area contributed by atoms with Gasteiger partial charge in [0.2, 0.25) is 0 Å². The van der Waals surface area contributed by atoms with E-state index in [0.717, 1.165) is 47.6 Å². The Morgan fingerprint density at radius 2 is 2.00 bits per heavy atom. The Balaban J connectivity index is 1.71. The maximum atomic E-state index is 5.72. The van der Waals surface area contributed by atoms with E-state index in [2.05, 4.69) is 20.3 Å². The van der Waals surface area contributed by atoms with Gasteiger partial charge in [0.25, 0.3) is 0 Å². The highest BCUT2D eigenvalue weighted by molar-refractivity contribution is 5.89. The Bertz CT molecular complexity index is 984. The zero-order chi connectivity index (χ0) is 15.2. The van der Waals surface area contributed by atoms with Crippen LogP contribution in [0.15, 0.2) is 42.9 Å². The summed E-state index contributed by atoms with van der Waals surface area (Å²) in [5.74, 6) is 0.819. The molecule has 3 aromatic heterocycles. The molecule has 23 heavy (non-hydrogen) atoms. The highest BCUT2D eigenvalue weighted by Crippen LogP contribution is 2.28. The molecule has 1 fully saturated rings. The first kappa shape index (κ1) is 12.7. The molecule has 1 aromatic carbocycles. The molecule has 5 rings (SSSR count). The third kappa shape index (κ3) is 1.86. The van der Waals surface area contributed by atoms with Crippen LogP contribution >= 0.6 is 0 Å². The summed E-state index contributed by atoms with van der Waals surface area (Å²) in [7, 11) is 0. The Labute approximate surface area is 131 Å². The van der Waals surface area contributed by atoms with E-state index < -0.39 is 0 Å². The lowest BCUT2D eigenvalue weighted by molar-refractivity contribution is 0.104. The van der Waals surface area contributed by atoms with Crippen molar-refractivity contribution >= 4 is 16.7 Å². The number of para-hydroxylation sites is 1. The first-order valence-electron chi connectivity index (χ1n) is 7.66. The number of ether oxygens (including phenoxy) is 1. The van der Waals surface area contributed by atoms with Crippen molar-refractivity contribution in [3.63, 3.8) is 0 Å². The normalized spacial score (nSPS) is 18.2. The summed E-state index contributed by atoms with van der Waals surface area (Å²) in [6, 6.07) is 9.94. The topological polar surface area (TPSA) is 70.1 Å². The van der Waals surface area contributed by atoms with Crippen LogP contribution in [0.1, 0.15) is 24.8 Å². The predicted molar refractivity (Wildman–Crippen MR) is 83.3 cm³/mol. The lowest BCUT2D eigenvalue weighted by Crippen LogP contribution is -2.04. The summed E-state index contributed by atoms with van der Waals surface area (Å²) < 4.78 is 9.45. The van der Waals surface area contributed by atoms with E-state index >= 15 is 0 Å². The molecule has 0 aliphatic carbocycles. The molecule has 0 saturated carbocycles. The van der Waals surface area contributed by atoms with Crippen molar-refractivity contribution in [1.29, 1.82) is 0 Å². The van der Waals surface area contributed by atoms with Gasteiger partial charge in [-0.25, -0.2) is 9.67 Å². The van der Waals surface area contributed by atoms with Gasteiger partial charge in [-0.2, -0.15) is 5.10 Å². The van der Waals surface area contributed by atoms with E-state index in [1.165, 1.54) is 0 Å². The smallest absolute Gasteiger partial charge is 0.174 e. The van der Waals surface area contributed by atoms with Crippen molar-refractivity contribution in [2.45, 2.75) is 18.9 Å². The van der Waals surface area contributed by atoms with Gasteiger partial charge in [-0.15, -0.1) is 10.2 Å². The molecule has 0 radical (unpaired) electrons. The number of hydrogen-bond donors (Lipinski definition) is 0. The van der Waals surface area contributed by atoms with Crippen LogP contribution in [0.4, 0.5) is 0 Å². The van der Waals surface area contributed by atoms with Gasteiger partial charge in [-0.3, -0.25) is 4.40 Å². The van der Waals surface area contributed by atoms with E-state index in [-0.39, 0.29) is 6.10 Å². The number of fused-ring (bicyclic) bond motifs is 3. The predicted octanol–water partition coefficient (Wildman–Crippen LogP) is 2.31.